The Balaban J connectivity index is 0.00000256. The molecule has 1 unspecified atom stereocenters. The number of piperidine rings is 1. The summed E-state index contributed by atoms with van der Waals surface area (Å²) in [5.74, 6) is 1.76. The molecular weight excluding hydrogens is 406 g/mol. The minimum absolute atomic E-state index is 0. The molecule has 0 spiro atoms. The van der Waals surface area contributed by atoms with Gasteiger partial charge in [0.15, 0.2) is 5.69 Å². The SMILES string of the molecule is COc1cc(OC)cc(C2CCN(C(=O)c3nnn(C4CCNCC4)c3C)C2)c1.Cl. The first-order valence-electron chi connectivity index (χ1n) is 10.3. The van der Waals surface area contributed by atoms with Crippen molar-refractivity contribution in [1.82, 2.24) is 25.2 Å². The summed E-state index contributed by atoms with van der Waals surface area (Å²) in [6.45, 7) is 5.28. The number of hydrogen-bond acceptors (Lipinski definition) is 6. The lowest BCUT2D eigenvalue weighted by Gasteiger charge is -2.23. The van der Waals surface area contributed by atoms with Crippen molar-refractivity contribution in [3.63, 3.8) is 0 Å². The molecule has 0 saturated carbocycles. The maximum Gasteiger partial charge on any atom is 0.276 e. The molecule has 30 heavy (non-hydrogen) atoms. The van der Waals surface area contributed by atoms with Gasteiger partial charge in [0, 0.05) is 25.1 Å². The smallest absolute Gasteiger partial charge is 0.276 e. The van der Waals surface area contributed by atoms with Gasteiger partial charge in [0.25, 0.3) is 5.91 Å². The average Bonchev–Trinajstić information content (AvgIpc) is 3.41. The topological polar surface area (TPSA) is 81.5 Å². The van der Waals surface area contributed by atoms with E-state index in [0.717, 1.165) is 55.1 Å². The second-order valence-corrected chi connectivity index (χ2v) is 7.83. The monoisotopic (exact) mass is 435 g/mol. The van der Waals surface area contributed by atoms with Crippen molar-refractivity contribution in [3.05, 3.63) is 35.2 Å². The zero-order valence-electron chi connectivity index (χ0n) is 17.8. The quantitative estimate of drug-likeness (QED) is 0.777. The van der Waals surface area contributed by atoms with Crippen LogP contribution >= 0.6 is 12.4 Å². The maximum absolute atomic E-state index is 13.1. The van der Waals surface area contributed by atoms with Crippen molar-refractivity contribution in [1.29, 1.82) is 0 Å². The molecule has 1 aromatic carbocycles. The van der Waals surface area contributed by atoms with Gasteiger partial charge < -0.3 is 19.7 Å². The third-order valence-electron chi connectivity index (χ3n) is 6.11. The number of carbonyl (C=O) groups is 1. The lowest BCUT2D eigenvalue weighted by Crippen LogP contribution is -2.31. The largest absolute Gasteiger partial charge is 0.497 e. The highest BCUT2D eigenvalue weighted by atomic mass is 35.5. The number of ether oxygens (including phenoxy) is 2. The number of carbonyl (C=O) groups excluding carboxylic acids is 1. The Bertz CT molecular complexity index is 859. The van der Waals surface area contributed by atoms with Crippen molar-refractivity contribution < 1.29 is 14.3 Å². The first-order valence-corrected chi connectivity index (χ1v) is 10.3. The molecule has 2 aromatic rings. The summed E-state index contributed by atoms with van der Waals surface area (Å²) >= 11 is 0. The Labute approximate surface area is 183 Å². The number of aromatic nitrogens is 3. The summed E-state index contributed by atoms with van der Waals surface area (Å²) in [6, 6.07) is 6.24. The summed E-state index contributed by atoms with van der Waals surface area (Å²) < 4.78 is 12.7. The van der Waals surface area contributed by atoms with Crippen molar-refractivity contribution in [2.45, 2.75) is 38.1 Å². The molecule has 0 radical (unpaired) electrons. The molecule has 1 N–H and O–H groups in total. The molecule has 1 aromatic heterocycles. The summed E-state index contributed by atoms with van der Waals surface area (Å²) in [7, 11) is 3.30. The Kier molecular flexibility index (Phi) is 7.20. The fourth-order valence-corrected chi connectivity index (χ4v) is 4.37. The normalized spacial score (nSPS) is 19.4. The van der Waals surface area contributed by atoms with Crippen LogP contribution in [0.25, 0.3) is 0 Å². The molecule has 2 saturated heterocycles. The molecular formula is C21H30ClN5O3. The summed E-state index contributed by atoms with van der Waals surface area (Å²) in [6.07, 6.45) is 2.94. The van der Waals surface area contributed by atoms with Gasteiger partial charge in [-0.2, -0.15) is 0 Å². The van der Waals surface area contributed by atoms with Crippen LogP contribution in [-0.4, -0.2) is 66.2 Å². The summed E-state index contributed by atoms with van der Waals surface area (Å²) in [5.41, 5.74) is 2.48. The van der Waals surface area contributed by atoms with Gasteiger partial charge in [-0.25, -0.2) is 4.68 Å². The van der Waals surface area contributed by atoms with E-state index in [2.05, 4.69) is 15.6 Å². The molecule has 9 heteroatoms. The molecule has 164 valence electrons. The van der Waals surface area contributed by atoms with Crippen LogP contribution in [0.5, 0.6) is 11.5 Å². The Morgan fingerprint density at radius 2 is 1.77 bits per heavy atom. The van der Waals surface area contributed by atoms with E-state index in [0.29, 0.717) is 24.8 Å². The van der Waals surface area contributed by atoms with Crippen molar-refractivity contribution in [2.24, 2.45) is 0 Å². The average molecular weight is 436 g/mol. The highest BCUT2D eigenvalue weighted by Gasteiger charge is 2.32. The lowest BCUT2D eigenvalue weighted by molar-refractivity contribution is 0.0784. The second-order valence-electron chi connectivity index (χ2n) is 7.83. The molecule has 2 aliphatic rings. The number of hydrogen-bond donors (Lipinski definition) is 1. The number of rotatable bonds is 5. The zero-order valence-corrected chi connectivity index (χ0v) is 18.6. The van der Waals surface area contributed by atoms with Crippen LogP contribution in [-0.2, 0) is 0 Å². The van der Waals surface area contributed by atoms with E-state index in [-0.39, 0.29) is 24.2 Å². The fourth-order valence-electron chi connectivity index (χ4n) is 4.37. The van der Waals surface area contributed by atoms with Crippen LogP contribution in [0.3, 0.4) is 0 Å². The van der Waals surface area contributed by atoms with Crippen LogP contribution in [0.4, 0.5) is 0 Å². The number of likely N-dealkylation sites (tertiary alicyclic amines) is 1. The van der Waals surface area contributed by atoms with Gasteiger partial charge in [-0.3, -0.25) is 4.79 Å². The predicted molar refractivity (Wildman–Crippen MR) is 116 cm³/mol. The number of methoxy groups -OCH3 is 2. The number of amides is 1. The number of halogens is 1. The number of benzene rings is 1. The zero-order chi connectivity index (χ0) is 20.4. The van der Waals surface area contributed by atoms with Gasteiger partial charge in [0.05, 0.1) is 26.0 Å². The highest BCUT2D eigenvalue weighted by Crippen LogP contribution is 2.33. The molecule has 1 amide bonds. The van der Waals surface area contributed by atoms with Crippen LogP contribution in [0, 0.1) is 6.92 Å². The molecule has 4 rings (SSSR count). The highest BCUT2D eigenvalue weighted by molar-refractivity contribution is 5.93. The van der Waals surface area contributed by atoms with Gasteiger partial charge in [0.1, 0.15) is 11.5 Å². The third kappa shape index (κ3) is 4.39. The van der Waals surface area contributed by atoms with E-state index in [1.54, 1.807) is 14.2 Å². The van der Waals surface area contributed by atoms with Gasteiger partial charge in [-0.15, -0.1) is 17.5 Å². The standard InChI is InChI=1S/C21H29N5O3.ClH/c1-14-20(23-24-26(14)17-4-7-22-8-5-17)21(27)25-9-6-15(13-25)16-10-18(28-2)12-19(11-16)29-3;/h10-12,15,17,22H,4-9,13H2,1-3H3;1H. The Morgan fingerprint density at radius 1 is 1.10 bits per heavy atom. The summed E-state index contributed by atoms with van der Waals surface area (Å²) in [4.78, 5) is 15.0. The van der Waals surface area contributed by atoms with Gasteiger partial charge in [-0.1, -0.05) is 5.21 Å². The third-order valence-corrected chi connectivity index (χ3v) is 6.11. The van der Waals surface area contributed by atoms with Crippen LogP contribution in [0.15, 0.2) is 18.2 Å². The lowest BCUT2D eigenvalue weighted by atomic mass is 9.98. The fraction of sp³-hybridized carbons (Fsp3) is 0.571. The van der Waals surface area contributed by atoms with E-state index >= 15 is 0 Å². The molecule has 2 fully saturated rings. The van der Waals surface area contributed by atoms with Crippen LogP contribution in [0.2, 0.25) is 0 Å². The molecule has 0 bridgehead atoms. The Morgan fingerprint density at radius 3 is 2.40 bits per heavy atom. The second kappa shape index (κ2) is 9.66. The van der Waals surface area contributed by atoms with Gasteiger partial charge >= 0.3 is 0 Å². The van der Waals surface area contributed by atoms with Gasteiger partial charge in [-0.05, 0) is 57.0 Å². The molecule has 8 nitrogen and oxygen atoms in total. The number of nitrogens with zero attached hydrogens (tertiary/aromatic N) is 4. The Hall–Kier alpha value is -2.32. The molecule has 0 aliphatic carbocycles. The minimum atomic E-state index is -0.0277. The van der Waals surface area contributed by atoms with E-state index in [4.69, 9.17) is 9.47 Å². The molecule has 3 heterocycles. The van der Waals surface area contributed by atoms with Crippen molar-refractivity contribution in [3.8, 4) is 11.5 Å². The first kappa shape index (κ1) is 22.4. The molecule has 1 atom stereocenters. The maximum atomic E-state index is 13.1. The van der Waals surface area contributed by atoms with Crippen LogP contribution < -0.4 is 14.8 Å². The van der Waals surface area contributed by atoms with Crippen molar-refractivity contribution >= 4 is 18.3 Å². The van der Waals surface area contributed by atoms with E-state index in [1.165, 1.54) is 0 Å². The van der Waals surface area contributed by atoms with Crippen molar-refractivity contribution in [2.75, 3.05) is 40.4 Å². The molecule has 2 aliphatic heterocycles. The predicted octanol–water partition coefficient (Wildman–Crippen LogP) is 2.58. The number of nitrogens with one attached hydrogen (secondary N) is 1. The van der Waals surface area contributed by atoms with E-state index < -0.39 is 0 Å². The van der Waals surface area contributed by atoms with E-state index in [9.17, 15) is 4.79 Å². The van der Waals surface area contributed by atoms with Gasteiger partial charge in [0.2, 0.25) is 0 Å². The van der Waals surface area contributed by atoms with Crippen LogP contribution in [0.1, 0.15) is 53.0 Å². The minimum Gasteiger partial charge on any atom is -0.497 e. The summed E-state index contributed by atoms with van der Waals surface area (Å²) in [5, 5.41) is 11.9. The first-order chi connectivity index (χ1) is 14.1. The van der Waals surface area contributed by atoms with E-state index in [1.807, 2.05) is 34.7 Å².